The molecule has 0 aliphatic carbocycles. The Bertz CT molecular complexity index is 218. The van der Waals surface area contributed by atoms with Crippen molar-refractivity contribution in [2.45, 2.75) is 6.92 Å². The van der Waals surface area contributed by atoms with Gasteiger partial charge in [-0.1, -0.05) is 6.08 Å². The summed E-state index contributed by atoms with van der Waals surface area (Å²) in [6, 6.07) is 0. The minimum absolute atomic E-state index is 0.556. The van der Waals surface area contributed by atoms with E-state index in [1.165, 1.54) is 6.47 Å². The Kier molecular flexibility index (Phi) is 2.31. The number of likely N-dealkylation sites (N-methyl/N-ethyl adjacent to an activating group) is 1. The largest absolute Gasteiger partial charge is 0.424 e. The molecule has 0 fully saturated rings. The number of carbonyl (C=O) groups excluding carboxylic acids is 1. The van der Waals surface area contributed by atoms with Gasteiger partial charge in [0, 0.05) is 19.7 Å². The molecule has 0 saturated heterocycles. The standard InChI is InChI=1S/C8H10NO2/c1-7-3-4-9(2)8(5-7)11-6-10/h3,5H,4H2,1-2H3. The molecule has 0 aromatic carbocycles. The van der Waals surface area contributed by atoms with Crippen molar-refractivity contribution in [3.05, 3.63) is 23.6 Å². The van der Waals surface area contributed by atoms with Crippen LogP contribution in [0.5, 0.6) is 0 Å². The fraction of sp³-hybridized carbons (Fsp3) is 0.375. The quantitative estimate of drug-likeness (QED) is 0.586. The maximum Gasteiger partial charge on any atom is 0.424 e. The van der Waals surface area contributed by atoms with E-state index in [0.29, 0.717) is 5.88 Å². The Labute approximate surface area is 65.9 Å². The summed E-state index contributed by atoms with van der Waals surface area (Å²) in [4.78, 5) is 11.7. The van der Waals surface area contributed by atoms with Gasteiger partial charge in [-0.3, -0.25) is 0 Å². The van der Waals surface area contributed by atoms with Crippen molar-refractivity contribution >= 4 is 6.47 Å². The first-order valence-corrected chi connectivity index (χ1v) is 3.37. The van der Waals surface area contributed by atoms with Crippen LogP contribution in [0, 0.1) is 0 Å². The summed E-state index contributed by atoms with van der Waals surface area (Å²) in [7, 11) is 1.85. The highest BCUT2D eigenvalue weighted by Gasteiger charge is 2.08. The molecule has 1 aliphatic rings. The molecule has 1 radical (unpaired) electrons. The van der Waals surface area contributed by atoms with Crippen molar-refractivity contribution in [2.75, 3.05) is 13.6 Å². The maximum atomic E-state index is 9.89. The number of ether oxygens (including phenoxy) is 1. The molecule has 0 N–H and O–H groups in total. The second kappa shape index (κ2) is 3.23. The van der Waals surface area contributed by atoms with Crippen molar-refractivity contribution in [1.29, 1.82) is 0 Å². The molecular formula is C8H10NO2. The molecule has 59 valence electrons. The van der Waals surface area contributed by atoms with Crippen LogP contribution in [-0.4, -0.2) is 25.0 Å². The summed E-state index contributed by atoms with van der Waals surface area (Å²) < 4.78 is 4.61. The summed E-state index contributed by atoms with van der Waals surface area (Å²) in [5.74, 6) is 0.556. The first kappa shape index (κ1) is 7.85. The molecule has 0 atom stereocenters. The summed E-state index contributed by atoms with van der Waals surface area (Å²) >= 11 is 0. The lowest BCUT2D eigenvalue weighted by Gasteiger charge is -2.21. The van der Waals surface area contributed by atoms with Gasteiger partial charge in [0.25, 0.3) is 0 Å². The van der Waals surface area contributed by atoms with Crippen molar-refractivity contribution in [2.24, 2.45) is 0 Å². The van der Waals surface area contributed by atoms with E-state index >= 15 is 0 Å². The molecule has 0 unspecified atom stereocenters. The van der Waals surface area contributed by atoms with E-state index in [1.807, 2.05) is 18.9 Å². The normalized spacial score (nSPS) is 17.1. The van der Waals surface area contributed by atoms with Gasteiger partial charge in [0.1, 0.15) is 0 Å². The van der Waals surface area contributed by atoms with Crippen LogP contribution in [0.15, 0.2) is 23.6 Å². The summed E-state index contributed by atoms with van der Waals surface area (Å²) in [5, 5.41) is 0. The Hall–Kier alpha value is -1.25. The molecule has 0 aromatic heterocycles. The number of allylic oxidation sites excluding steroid dienone is 2. The van der Waals surface area contributed by atoms with E-state index in [0.717, 1.165) is 12.1 Å². The van der Waals surface area contributed by atoms with E-state index in [4.69, 9.17) is 0 Å². The van der Waals surface area contributed by atoms with Gasteiger partial charge in [-0.05, 0) is 12.5 Å². The Morgan fingerprint density at radius 1 is 1.73 bits per heavy atom. The second-order valence-corrected chi connectivity index (χ2v) is 2.50. The molecule has 3 nitrogen and oxygen atoms in total. The van der Waals surface area contributed by atoms with E-state index in [2.05, 4.69) is 10.8 Å². The third-order valence-corrected chi connectivity index (χ3v) is 1.56. The summed E-state index contributed by atoms with van der Waals surface area (Å²) in [6.45, 7) is 4.14. The number of hydrogen-bond donors (Lipinski definition) is 0. The molecule has 1 heterocycles. The van der Waals surface area contributed by atoms with Gasteiger partial charge in [-0.15, -0.1) is 0 Å². The van der Waals surface area contributed by atoms with Crippen LogP contribution in [0.1, 0.15) is 6.92 Å². The van der Waals surface area contributed by atoms with Crippen LogP contribution in [-0.2, 0) is 9.53 Å². The first-order chi connectivity index (χ1) is 5.24. The van der Waals surface area contributed by atoms with E-state index in [9.17, 15) is 4.79 Å². The minimum Gasteiger partial charge on any atom is -0.401 e. The fourth-order valence-electron chi connectivity index (χ4n) is 0.885. The molecule has 0 saturated carbocycles. The fourth-order valence-corrected chi connectivity index (χ4v) is 0.885. The first-order valence-electron chi connectivity index (χ1n) is 3.37. The number of nitrogens with zero attached hydrogens (tertiary/aromatic N) is 1. The molecule has 1 aliphatic heterocycles. The monoisotopic (exact) mass is 152 g/mol. The summed E-state index contributed by atoms with van der Waals surface area (Å²) in [6.07, 6.45) is 3.85. The van der Waals surface area contributed by atoms with E-state index in [-0.39, 0.29) is 0 Å². The smallest absolute Gasteiger partial charge is 0.401 e. The van der Waals surface area contributed by atoms with Crippen molar-refractivity contribution in [3.8, 4) is 0 Å². The zero-order chi connectivity index (χ0) is 8.27. The summed E-state index contributed by atoms with van der Waals surface area (Å²) in [5.41, 5.74) is 1.10. The average Bonchev–Trinajstić information content (AvgIpc) is 1.98. The van der Waals surface area contributed by atoms with Crippen LogP contribution in [0.2, 0.25) is 0 Å². The zero-order valence-corrected chi connectivity index (χ0v) is 6.63. The Morgan fingerprint density at radius 3 is 3.09 bits per heavy atom. The molecule has 3 heteroatoms. The minimum atomic E-state index is 0.556. The zero-order valence-electron chi connectivity index (χ0n) is 6.63. The molecule has 11 heavy (non-hydrogen) atoms. The third-order valence-electron chi connectivity index (χ3n) is 1.56. The van der Waals surface area contributed by atoms with Gasteiger partial charge in [-0.25, -0.2) is 4.79 Å². The molecule has 0 amide bonds. The SMILES string of the molecule is CC1=CCN(C)C(O[C]=O)=C1. The van der Waals surface area contributed by atoms with Crippen LogP contribution in [0.25, 0.3) is 0 Å². The van der Waals surface area contributed by atoms with Gasteiger partial charge in [-0.2, -0.15) is 0 Å². The van der Waals surface area contributed by atoms with Crippen molar-refractivity contribution in [3.63, 3.8) is 0 Å². The predicted octanol–water partition coefficient (Wildman–Crippen LogP) is 0.803. The highest BCUT2D eigenvalue weighted by atomic mass is 16.5. The second-order valence-electron chi connectivity index (χ2n) is 2.50. The van der Waals surface area contributed by atoms with Crippen molar-refractivity contribution in [1.82, 2.24) is 4.90 Å². The van der Waals surface area contributed by atoms with E-state index < -0.39 is 0 Å². The number of hydrogen-bond acceptors (Lipinski definition) is 3. The van der Waals surface area contributed by atoms with Gasteiger partial charge >= 0.3 is 6.47 Å². The van der Waals surface area contributed by atoms with Gasteiger partial charge < -0.3 is 9.64 Å². The molecule has 0 aromatic rings. The van der Waals surface area contributed by atoms with Crippen LogP contribution >= 0.6 is 0 Å². The highest BCUT2D eigenvalue weighted by molar-refractivity contribution is 5.42. The molecule has 0 bridgehead atoms. The lowest BCUT2D eigenvalue weighted by molar-refractivity contribution is 0.238. The lowest BCUT2D eigenvalue weighted by Crippen LogP contribution is -2.22. The van der Waals surface area contributed by atoms with Crippen LogP contribution in [0.3, 0.4) is 0 Å². The average molecular weight is 152 g/mol. The van der Waals surface area contributed by atoms with Crippen LogP contribution < -0.4 is 0 Å². The lowest BCUT2D eigenvalue weighted by atomic mass is 10.2. The highest BCUT2D eigenvalue weighted by Crippen LogP contribution is 2.12. The number of rotatable bonds is 2. The third kappa shape index (κ3) is 1.83. The maximum absolute atomic E-state index is 9.89. The van der Waals surface area contributed by atoms with Crippen LogP contribution in [0.4, 0.5) is 0 Å². The van der Waals surface area contributed by atoms with Gasteiger partial charge in [0.05, 0.1) is 0 Å². The Morgan fingerprint density at radius 2 is 2.45 bits per heavy atom. The van der Waals surface area contributed by atoms with E-state index in [1.54, 1.807) is 6.08 Å². The molecular weight excluding hydrogens is 142 g/mol. The molecule has 0 spiro atoms. The predicted molar refractivity (Wildman–Crippen MR) is 41.2 cm³/mol. The van der Waals surface area contributed by atoms with Gasteiger partial charge in [0.15, 0.2) is 5.88 Å². The Balaban J connectivity index is 2.72. The van der Waals surface area contributed by atoms with Gasteiger partial charge in [0.2, 0.25) is 0 Å². The van der Waals surface area contributed by atoms with Crippen molar-refractivity contribution < 1.29 is 9.53 Å². The molecule has 1 rings (SSSR count). The topological polar surface area (TPSA) is 29.5 Å².